The van der Waals surface area contributed by atoms with Gasteiger partial charge in [0.05, 0.1) is 0 Å². The molecule has 1 saturated heterocycles. The number of likely N-dealkylation sites (tertiary alicyclic amines) is 1. The molecule has 0 aliphatic carbocycles. The van der Waals surface area contributed by atoms with Crippen molar-refractivity contribution in [1.82, 2.24) is 9.47 Å². The van der Waals surface area contributed by atoms with Crippen LogP contribution in [0.3, 0.4) is 0 Å². The van der Waals surface area contributed by atoms with E-state index in [4.69, 9.17) is 0 Å². The van der Waals surface area contributed by atoms with Crippen molar-refractivity contribution < 1.29 is 9.59 Å². The maximum absolute atomic E-state index is 11.8. The summed E-state index contributed by atoms with van der Waals surface area (Å²) in [6.45, 7) is 3.96. The lowest BCUT2D eigenvalue weighted by Gasteiger charge is -2.16. The molecule has 1 atom stereocenters. The number of rotatable bonds is 5. The van der Waals surface area contributed by atoms with E-state index in [1.54, 1.807) is 6.92 Å². The third kappa shape index (κ3) is 3.63. The molecule has 0 aromatic carbocycles. The van der Waals surface area contributed by atoms with Crippen LogP contribution in [0.4, 0.5) is 0 Å². The van der Waals surface area contributed by atoms with Crippen LogP contribution in [0.1, 0.15) is 13.3 Å². The van der Waals surface area contributed by atoms with Gasteiger partial charge >= 0.3 is 0 Å². The predicted octanol–water partition coefficient (Wildman–Crippen LogP) is 1.62. The maximum Gasteiger partial charge on any atom is 0.223 e. The largest absolute Gasteiger partial charge is 0.352 e. The molecule has 0 saturated carbocycles. The van der Waals surface area contributed by atoms with Gasteiger partial charge < -0.3 is 9.47 Å². The van der Waals surface area contributed by atoms with E-state index < -0.39 is 0 Å². The lowest BCUT2D eigenvalue weighted by atomic mass is 10.1. The van der Waals surface area contributed by atoms with Gasteiger partial charge in [0.2, 0.25) is 5.91 Å². The number of amides is 1. The second-order valence-corrected chi connectivity index (χ2v) is 5.83. The molecular weight excluding hydrogens is 248 g/mol. The highest BCUT2D eigenvalue weighted by molar-refractivity contribution is 8.13. The molecule has 5 heteroatoms. The number of aromatic nitrogens is 1. The number of carbonyl (C=O) groups is 2. The number of hydrogen-bond acceptors (Lipinski definition) is 3. The van der Waals surface area contributed by atoms with Crippen molar-refractivity contribution in [2.24, 2.45) is 5.92 Å². The monoisotopic (exact) mass is 266 g/mol. The Morgan fingerprint density at radius 1 is 1.39 bits per heavy atom. The van der Waals surface area contributed by atoms with E-state index in [0.717, 1.165) is 25.4 Å². The first-order valence-corrected chi connectivity index (χ1v) is 7.15. The first-order valence-electron chi connectivity index (χ1n) is 6.17. The van der Waals surface area contributed by atoms with Crippen molar-refractivity contribution in [3.63, 3.8) is 0 Å². The Labute approximate surface area is 111 Å². The molecule has 0 radical (unpaired) electrons. The molecule has 1 fully saturated rings. The lowest BCUT2D eigenvalue weighted by molar-refractivity contribution is -0.127. The van der Waals surface area contributed by atoms with Gasteiger partial charge in [0.1, 0.15) is 0 Å². The Balaban J connectivity index is 1.76. The van der Waals surface area contributed by atoms with Gasteiger partial charge in [-0.1, -0.05) is 11.8 Å². The van der Waals surface area contributed by atoms with Gasteiger partial charge in [0.15, 0.2) is 5.12 Å². The summed E-state index contributed by atoms with van der Waals surface area (Å²) in [5.74, 6) is 1.31. The molecule has 1 aromatic heterocycles. The van der Waals surface area contributed by atoms with Crippen molar-refractivity contribution in [2.75, 3.05) is 18.8 Å². The van der Waals surface area contributed by atoms with Crippen LogP contribution < -0.4 is 0 Å². The third-order valence-corrected chi connectivity index (χ3v) is 4.16. The zero-order valence-electron chi connectivity index (χ0n) is 10.5. The van der Waals surface area contributed by atoms with E-state index >= 15 is 0 Å². The summed E-state index contributed by atoms with van der Waals surface area (Å²) in [6, 6.07) is 3.97. The first kappa shape index (κ1) is 13.2. The van der Waals surface area contributed by atoms with Gasteiger partial charge in [-0.25, -0.2) is 0 Å². The SMILES string of the molecule is CC(=O)SCC1CC(=O)N(CCn2cccc2)C1. The summed E-state index contributed by atoms with van der Waals surface area (Å²) >= 11 is 1.33. The molecule has 1 aliphatic heterocycles. The maximum atomic E-state index is 11.8. The molecule has 0 spiro atoms. The number of thioether (sulfide) groups is 1. The first-order chi connectivity index (χ1) is 8.65. The molecule has 2 rings (SSSR count). The van der Waals surface area contributed by atoms with E-state index in [1.165, 1.54) is 11.8 Å². The molecular formula is C13H18N2O2S. The lowest BCUT2D eigenvalue weighted by Crippen LogP contribution is -2.29. The predicted molar refractivity (Wildman–Crippen MR) is 72.3 cm³/mol. The zero-order valence-corrected chi connectivity index (χ0v) is 11.4. The van der Waals surface area contributed by atoms with Crippen molar-refractivity contribution in [3.05, 3.63) is 24.5 Å². The second-order valence-electron chi connectivity index (χ2n) is 4.63. The Kier molecular flexibility index (Phi) is 4.47. The van der Waals surface area contributed by atoms with E-state index in [2.05, 4.69) is 4.57 Å². The van der Waals surface area contributed by atoms with Crippen LogP contribution in [0.25, 0.3) is 0 Å². The summed E-state index contributed by atoms with van der Waals surface area (Å²) in [4.78, 5) is 24.6. The van der Waals surface area contributed by atoms with Gasteiger partial charge in [0, 0.05) is 51.1 Å². The van der Waals surface area contributed by atoms with Crippen LogP contribution >= 0.6 is 11.8 Å². The third-order valence-electron chi connectivity index (χ3n) is 3.11. The molecule has 0 bridgehead atoms. The van der Waals surface area contributed by atoms with E-state index in [9.17, 15) is 9.59 Å². The Bertz CT molecular complexity index is 417. The van der Waals surface area contributed by atoms with Crippen molar-refractivity contribution in [1.29, 1.82) is 0 Å². The van der Waals surface area contributed by atoms with Crippen LogP contribution in [0.2, 0.25) is 0 Å². The average Bonchev–Trinajstić information content (AvgIpc) is 2.93. The highest BCUT2D eigenvalue weighted by Gasteiger charge is 2.29. The minimum absolute atomic E-state index is 0.133. The Morgan fingerprint density at radius 3 is 2.78 bits per heavy atom. The topological polar surface area (TPSA) is 42.3 Å². The van der Waals surface area contributed by atoms with E-state index in [0.29, 0.717) is 12.3 Å². The van der Waals surface area contributed by atoms with Gasteiger partial charge in [-0.15, -0.1) is 0 Å². The zero-order chi connectivity index (χ0) is 13.0. The highest BCUT2D eigenvalue weighted by atomic mass is 32.2. The van der Waals surface area contributed by atoms with Crippen LogP contribution in [0.15, 0.2) is 24.5 Å². The summed E-state index contributed by atoms with van der Waals surface area (Å²) < 4.78 is 2.07. The number of nitrogens with zero attached hydrogens (tertiary/aromatic N) is 2. The molecule has 18 heavy (non-hydrogen) atoms. The van der Waals surface area contributed by atoms with Crippen LogP contribution in [-0.2, 0) is 16.1 Å². The fraction of sp³-hybridized carbons (Fsp3) is 0.538. The minimum Gasteiger partial charge on any atom is -0.352 e. The molecule has 98 valence electrons. The Morgan fingerprint density at radius 2 is 2.11 bits per heavy atom. The molecule has 1 aliphatic rings. The van der Waals surface area contributed by atoms with Crippen LogP contribution in [-0.4, -0.2) is 39.3 Å². The van der Waals surface area contributed by atoms with E-state index in [1.807, 2.05) is 29.4 Å². The van der Waals surface area contributed by atoms with E-state index in [-0.39, 0.29) is 11.0 Å². The molecule has 1 unspecified atom stereocenters. The fourth-order valence-electron chi connectivity index (χ4n) is 2.17. The summed E-state index contributed by atoms with van der Waals surface area (Å²) in [5.41, 5.74) is 0. The van der Waals surface area contributed by atoms with Crippen LogP contribution in [0.5, 0.6) is 0 Å². The second kappa shape index (κ2) is 6.09. The summed E-state index contributed by atoms with van der Waals surface area (Å²) in [6.07, 6.45) is 4.60. The molecule has 1 aromatic rings. The van der Waals surface area contributed by atoms with Crippen molar-refractivity contribution in [2.45, 2.75) is 19.9 Å². The van der Waals surface area contributed by atoms with Crippen molar-refractivity contribution >= 4 is 22.8 Å². The summed E-state index contributed by atoms with van der Waals surface area (Å²) in [5, 5.41) is 0.133. The highest BCUT2D eigenvalue weighted by Crippen LogP contribution is 2.22. The average molecular weight is 266 g/mol. The molecule has 1 amide bonds. The van der Waals surface area contributed by atoms with Gasteiger partial charge in [-0.3, -0.25) is 9.59 Å². The molecule has 0 N–H and O–H groups in total. The molecule has 2 heterocycles. The van der Waals surface area contributed by atoms with Gasteiger partial charge in [0.25, 0.3) is 0 Å². The van der Waals surface area contributed by atoms with Crippen molar-refractivity contribution in [3.8, 4) is 0 Å². The van der Waals surface area contributed by atoms with Crippen LogP contribution in [0, 0.1) is 5.92 Å². The smallest absolute Gasteiger partial charge is 0.223 e. The molecule has 4 nitrogen and oxygen atoms in total. The normalized spacial score (nSPS) is 19.5. The van der Waals surface area contributed by atoms with Gasteiger partial charge in [-0.05, 0) is 18.1 Å². The standard InChI is InChI=1S/C13H18N2O2S/c1-11(16)18-10-12-8-13(17)15(9-12)7-6-14-4-2-3-5-14/h2-5,12H,6-10H2,1H3. The number of hydrogen-bond donors (Lipinski definition) is 0. The Hall–Kier alpha value is -1.23. The minimum atomic E-state index is 0.133. The quantitative estimate of drug-likeness (QED) is 0.813. The summed E-state index contributed by atoms with van der Waals surface area (Å²) in [7, 11) is 0. The fourth-order valence-corrected chi connectivity index (χ4v) is 2.87. The number of carbonyl (C=O) groups excluding carboxylic acids is 2. The van der Waals surface area contributed by atoms with Gasteiger partial charge in [-0.2, -0.15) is 0 Å².